The van der Waals surface area contributed by atoms with E-state index in [-0.39, 0.29) is 6.10 Å². The number of hydrogen-bond acceptors (Lipinski definition) is 3. The molecule has 0 bridgehead atoms. The highest BCUT2D eigenvalue weighted by Crippen LogP contribution is 1.65. The molecule has 0 aliphatic heterocycles. The molecule has 0 aromatic heterocycles. The van der Waals surface area contributed by atoms with Crippen molar-refractivity contribution in [1.82, 2.24) is 0 Å². The second kappa shape index (κ2) is 17.1. The summed E-state index contributed by atoms with van der Waals surface area (Å²) < 4.78 is 0. The highest BCUT2D eigenvalue weighted by molar-refractivity contribution is 4.32. The van der Waals surface area contributed by atoms with Crippen LogP contribution in [-0.2, 0) is 0 Å². The first kappa shape index (κ1) is 17.8. The Bertz CT molecular complexity index is 43.0. The average molecular weight is 179 g/mol. The number of rotatable bonds is 1. The smallest absolute Gasteiger partial charge is 0.0483 e. The summed E-state index contributed by atoms with van der Waals surface area (Å²) in [6.07, 6.45) is 0.708. The van der Waals surface area contributed by atoms with Crippen molar-refractivity contribution in [3.05, 3.63) is 0 Å². The number of hydrogen-bond donors (Lipinski definition) is 3. The van der Waals surface area contributed by atoms with Crippen molar-refractivity contribution in [3.63, 3.8) is 0 Å². The van der Waals surface area contributed by atoms with Gasteiger partial charge in [-0.25, -0.2) is 0 Å². The zero-order chi connectivity index (χ0) is 10.6. The van der Waals surface area contributed by atoms with Crippen LogP contribution in [0.1, 0.15) is 41.0 Å². The molecule has 0 radical (unpaired) electrons. The fourth-order valence-corrected chi connectivity index (χ4v) is 0. The molecular formula is C9H25NO2. The van der Waals surface area contributed by atoms with Gasteiger partial charge in [-0.2, -0.15) is 0 Å². The summed E-state index contributed by atoms with van der Waals surface area (Å²) in [5.74, 6) is 0. The third-order valence-electron chi connectivity index (χ3n) is 0.224. The second-order valence-electron chi connectivity index (χ2n) is 3.06. The van der Waals surface area contributed by atoms with E-state index in [2.05, 4.69) is 0 Å². The predicted octanol–water partition coefficient (Wildman–Crippen LogP) is 1.13. The molecule has 0 atom stereocenters. The molecule has 0 aliphatic carbocycles. The first-order chi connectivity index (χ1) is 5.38. The minimum absolute atomic E-state index is 0.167. The van der Waals surface area contributed by atoms with Gasteiger partial charge in [-0.05, 0) is 26.3 Å². The quantitative estimate of drug-likeness (QED) is 0.565. The van der Waals surface area contributed by atoms with E-state index < -0.39 is 0 Å². The first-order valence-electron chi connectivity index (χ1n) is 4.42. The molecule has 0 amide bonds. The Morgan fingerprint density at radius 1 is 1.17 bits per heavy atom. The molecule has 12 heavy (non-hydrogen) atoms. The zero-order valence-corrected chi connectivity index (χ0v) is 9.04. The maximum atomic E-state index is 8.06. The Balaban J connectivity index is -0.000000101. The average Bonchev–Trinajstić information content (AvgIpc) is 1.85. The van der Waals surface area contributed by atoms with E-state index in [9.17, 15) is 0 Å². The van der Waals surface area contributed by atoms with Crippen LogP contribution in [0.25, 0.3) is 0 Å². The standard InChI is InChI=1S/C3H9N.2C3H8O/c2*1-3(2)4;1-2-3-4/h3H,4H2,1-2H3;3-4H,1-2H3;4H,2-3H2,1H3. The molecule has 0 aliphatic rings. The van der Waals surface area contributed by atoms with Crippen LogP contribution >= 0.6 is 0 Å². The van der Waals surface area contributed by atoms with Crippen molar-refractivity contribution < 1.29 is 10.2 Å². The molecule has 0 fully saturated rings. The van der Waals surface area contributed by atoms with Crippen molar-refractivity contribution in [2.45, 2.75) is 53.2 Å². The van der Waals surface area contributed by atoms with Crippen LogP contribution in [0.15, 0.2) is 0 Å². The Labute approximate surface area is 76.6 Å². The lowest BCUT2D eigenvalue weighted by Gasteiger charge is -1.81. The topological polar surface area (TPSA) is 66.5 Å². The molecular weight excluding hydrogens is 154 g/mol. The van der Waals surface area contributed by atoms with Crippen molar-refractivity contribution in [2.24, 2.45) is 5.73 Å². The number of nitrogens with two attached hydrogens (primary N) is 1. The molecule has 4 N–H and O–H groups in total. The largest absolute Gasteiger partial charge is 0.396 e. The monoisotopic (exact) mass is 179 g/mol. The Kier molecular flexibility index (Phi) is 25.4. The van der Waals surface area contributed by atoms with Crippen molar-refractivity contribution in [1.29, 1.82) is 0 Å². The molecule has 3 nitrogen and oxygen atoms in total. The summed E-state index contributed by atoms with van der Waals surface area (Å²) >= 11 is 0. The first-order valence-corrected chi connectivity index (χ1v) is 4.42. The fourth-order valence-electron chi connectivity index (χ4n) is 0. The highest BCUT2D eigenvalue weighted by Gasteiger charge is 1.69. The molecule has 0 unspecified atom stereocenters. The van der Waals surface area contributed by atoms with Crippen LogP contribution in [0.4, 0.5) is 0 Å². The summed E-state index contributed by atoms with van der Waals surface area (Å²) in [7, 11) is 0. The maximum absolute atomic E-state index is 8.06. The van der Waals surface area contributed by atoms with Crippen LogP contribution in [0.3, 0.4) is 0 Å². The molecule has 0 saturated heterocycles. The fraction of sp³-hybridized carbons (Fsp3) is 1.00. The predicted molar refractivity (Wildman–Crippen MR) is 54.1 cm³/mol. The van der Waals surface area contributed by atoms with Gasteiger partial charge in [-0.1, -0.05) is 20.8 Å². The van der Waals surface area contributed by atoms with E-state index in [1.165, 1.54) is 0 Å². The van der Waals surface area contributed by atoms with Crippen LogP contribution in [0, 0.1) is 0 Å². The van der Waals surface area contributed by atoms with Crippen molar-refractivity contribution in [3.8, 4) is 0 Å². The summed E-state index contributed by atoms with van der Waals surface area (Å²) in [5, 5.41) is 15.9. The van der Waals surface area contributed by atoms with Gasteiger partial charge in [-0.15, -0.1) is 0 Å². The molecule has 0 saturated carbocycles. The SMILES string of the molecule is CC(C)N.CC(C)O.CCCO. The molecule has 0 spiro atoms. The highest BCUT2D eigenvalue weighted by atomic mass is 16.3. The van der Waals surface area contributed by atoms with Crippen molar-refractivity contribution >= 4 is 0 Å². The number of aliphatic hydroxyl groups excluding tert-OH is 2. The number of aliphatic hydroxyl groups is 2. The van der Waals surface area contributed by atoms with Crippen LogP contribution in [0.5, 0.6) is 0 Å². The second-order valence-corrected chi connectivity index (χ2v) is 3.06. The van der Waals surface area contributed by atoms with Gasteiger partial charge in [0.15, 0.2) is 0 Å². The van der Waals surface area contributed by atoms with Gasteiger partial charge < -0.3 is 15.9 Å². The van der Waals surface area contributed by atoms with E-state index in [1.54, 1.807) is 13.8 Å². The molecule has 3 heteroatoms. The van der Waals surface area contributed by atoms with E-state index in [4.69, 9.17) is 15.9 Å². The minimum atomic E-state index is -0.167. The van der Waals surface area contributed by atoms with E-state index in [0.29, 0.717) is 12.6 Å². The van der Waals surface area contributed by atoms with Crippen molar-refractivity contribution in [2.75, 3.05) is 6.61 Å². The normalized spacial score (nSPS) is 8.50. The summed E-state index contributed by atoms with van der Waals surface area (Å²) in [4.78, 5) is 0. The molecule has 0 heterocycles. The third kappa shape index (κ3) is 1010. The van der Waals surface area contributed by atoms with Gasteiger partial charge >= 0.3 is 0 Å². The van der Waals surface area contributed by atoms with Gasteiger partial charge in [0, 0.05) is 12.7 Å². The van der Waals surface area contributed by atoms with Gasteiger partial charge in [0.2, 0.25) is 0 Å². The van der Waals surface area contributed by atoms with Crippen LogP contribution < -0.4 is 5.73 Å². The van der Waals surface area contributed by atoms with E-state index >= 15 is 0 Å². The summed E-state index contributed by atoms with van der Waals surface area (Å²) in [6, 6.07) is 0.333. The molecule has 0 aromatic carbocycles. The minimum Gasteiger partial charge on any atom is -0.396 e. The van der Waals surface area contributed by atoms with Crippen LogP contribution in [-0.4, -0.2) is 29.0 Å². The molecule has 0 rings (SSSR count). The van der Waals surface area contributed by atoms with Gasteiger partial charge in [0.1, 0.15) is 0 Å². The lowest BCUT2D eigenvalue weighted by molar-refractivity contribution is 0.216. The molecule has 78 valence electrons. The van der Waals surface area contributed by atoms with E-state index in [1.807, 2.05) is 20.8 Å². The lowest BCUT2D eigenvalue weighted by atomic mass is 10.5. The molecule has 0 aromatic rings. The van der Waals surface area contributed by atoms with Gasteiger partial charge in [-0.3, -0.25) is 0 Å². The third-order valence-corrected chi connectivity index (χ3v) is 0.224. The van der Waals surface area contributed by atoms with Crippen LogP contribution in [0.2, 0.25) is 0 Å². The maximum Gasteiger partial charge on any atom is 0.0483 e. The Morgan fingerprint density at radius 2 is 1.25 bits per heavy atom. The van der Waals surface area contributed by atoms with Gasteiger partial charge in [0.05, 0.1) is 0 Å². The lowest BCUT2D eigenvalue weighted by Crippen LogP contribution is -2.06. The summed E-state index contributed by atoms with van der Waals surface area (Å²) in [6.45, 7) is 9.58. The van der Waals surface area contributed by atoms with E-state index in [0.717, 1.165) is 6.42 Å². The Hall–Kier alpha value is -0.120. The zero-order valence-electron chi connectivity index (χ0n) is 9.04. The summed E-state index contributed by atoms with van der Waals surface area (Å²) in [5.41, 5.74) is 5.11. The Morgan fingerprint density at radius 3 is 1.25 bits per heavy atom. The van der Waals surface area contributed by atoms with Gasteiger partial charge in [0.25, 0.3) is 0 Å².